The monoisotopic (exact) mass is 339 g/mol. The lowest BCUT2D eigenvalue weighted by molar-refractivity contribution is 0.0993. The number of anilines is 1. The van der Waals surface area contributed by atoms with E-state index >= 15 is 0 Å². The summed E-state index contributed by atoms with van der Waals surface area (Å²) in [6.45, 7) is 0. The van der Waals surface area contributed by atoms with Crippen molar-refractivity contribution in [3.8, 4) is 11.5 Å². The molecule has 2 rings (SSSR count). The number of halogens is 2. The molecule has 0 aliphatic carbocycles. The Bertz CT molecular complexity index is 717. The van der Waals surface area contributed by atoms with Gasteiger partial charge in [-0.3, -0.25) is 4.79 Å². The fourth-order valence-electron chi connectivity index (χ4n) is 2.07. The summed E-state index contributed by atoms with van der Waals surface area (Å²) in [7, 11) is 3.01. The van der Waals surface area contributed by atoms with E-state index in [2.05, 4.69) is 0 Å². The zero-order valence-electron chi connectivity index (χ0n) is 12.2. The van der Waals surface area contributed by atoms with Gasteiger partial charge in [0.05, 0.1) is 24.3 Å². The average molecular weight is 340 g/mol. The summed E-state index contributed by atoms with van der Waals surface area (Å²) in [5.74, 6) is 0.789. The highest BCUT2D eigenvalue weighted by atomic mass is 35.5. The largest absolute Gasteiger partial charge is 0.493 e. The van der Waals surface area contributed by atoms with E-state index in [1.165, 1.54) is 14.2 Å². The number of rotatable bonds is 5. The number of nitrogens with two attached hydrogens (primary N) is 1. The van der Waals surface area contributed by atoms with Crippen molar-refractivity contribution in [1.82, 2.24) is 0 Å². The number of methoxy groups -OCH3 is 2. The number of ketones is 1. The van der Waals surface area contributed by atoms with Crippen molar-refractivity contribution in [1.29, 1.82) is 0 Å². The second kappa shape index (κ2) is 6.90. The van der Waals surface area contributed by atoms with Crippen LogP contribution in [0.5, 0.6) is 11.5 Å². The second-order valence-electron chi connectivity index (χ2n) is 4.64. The van der Waals surface area contributed by atoms with Crippen LogP contribution in [-0.4, -0.2) is 20.0 Å². The third-order valence-electron chi connectivity index (χ3n) is 3.20. The molecule has 0 bridgehead atoms. The summed E-state index contributed by atoms with van der Waals surface area (Å²) in [5, 5.41) is 0.857. The molecule has 6 heteroatoms. The minimum atomic E-state index is -0.142. The lowest BCUT2D eigenvalue weighted by atomic mass is 10.0. The number of hydrogen-bond donors (Lipinski definition) is 1. The van der Waals surface area contributed by atoms with Gasteiger partial charge >= 0.3 is 0 Å². The maximum Gasteiger partial charge on any atom is 0.169 e. The Morgan fingerprint density at radius 1 is 1.05 bits per heavy atom. The first kappa shape index (κ1) is 16.5. The van der Waals surface area contributed by atoms with Crippen LogP contribution in [0.1, 0.15) is 15.9 Å². The first-order valence-electron chi connectivity index (χ1n) is 6.45. The molecule has 2 aromatic carbocycles. The highest BCUT2D eigenvalue weighted by Crippen LogP contribution is 2.32. The molecule has 2 N–H and O–H groups in total. The summed E-state index contributed by atoms with van der Waals surface area (Å²) < 4.78 is 10.3. The van der Waals surface area contributed by atoms with E-state index in [0.717, 1.165) is 5.56 Å². The smallest absolute Gasteiger partial charge is 0.169 e. The summed E-state index contributed by atoms with van der Waals surface area (Å²) in [4.78, 5) is 12.4. The molecule has 0 aliphatic heterocycles. The van der Waals surface area contributed by atoms with Gasteiger partial charge in [-0.1, -0.05) is 29.3 Å². The summed E-state index contributed by atoms with van der Waals surface area (Å²) >= 11 is 11.8. The predicted molar refractivity (Wildman–Crippen MR) is 88.5 cm³/mol. The number of carbonyl (C=O) groups is 1. The zero-order chi connectivity index (χ0) is 16.3. The van der Waals surface area contributed by atoms with Crippen molar-refractivity contribution >= 4 is 34.7 Å². The molecule has 22 heavy (non-hydrogen) atoms. The van der Waals surface area contributed by atoms with Crippen LogP contribution in [-0.2, 0) is 6.42 Å². The lowest BCUT2D eigenvalue weighted by Crippen LogP contribution is -2.08. The quantitative estimate of drug-likeness (QED) is 0.660. The van der Waals surface area contributed by atoms with Gasteiger partial charge in [0.2, 0.25) is 0 Å². The molecule has 0 heterocycles. The van der Waals surface area contributed by atoms with Gasteiger partial charge in [-0.25, -0.2) is 0 Å². The van der Waals surface area contributed by atoms with Crippen LogP contribution in [0.3, 0.4) is 0 Å². The van der Waals surface area contributed by atoms with Gasteiger partial charge in [0.15, 0.2) is 17.3 Å². The van der Waals surface area contributed by atoms with Crippen LogP contribution in [0.15, 0.2) is 30.3 Å². The number of hydrogen-bond acceptors (Lipinski definition) is 4. The molecule has 0 radical (unpaired) electrons. The van der Waals surface area contributed by atoms with E-state index in [1.54, 1.807) is 30.3 Å². The third-order valence-corrected chi connectivity index (χ3v) is 3.94. The number of benzene rings is 2. The molecule has 0 saturated carbocycles. The number of carbonyl (C=O) groups excluding carboxylic acids is 1. The standard InChI is InChI=1S/C16H15Cl2NO3/c1-21-15-7-10(13(19)8-16(15)22-2)14(20)6-9-3-4-11(17)12(18)5-9/h3-5,7-8H,6,19H2,1-2H3. The molecular weight excluding hydrogens is 325 g/mol. The lowest BCUT2D eigenvalue weighted by Gasteiger charge is -2.12. The van der Waals surface area contributed by atoms with Crippen LogP contribution in [0.4, 0.5) is 5.69 Å². The Kier molecular flexibility index (Phi) is 5.16. The van der Waals surface area contributed by atoms with Crippen LogP contribution >= 0.6 is 23.2 Å². The molecule has 0 unspecified atom stereocenters. The number of nitrogen functional groups attached to an aromatic ring is 1. The Balaban J connectivity index is 2.31. The normalized spacial score (nSPS) is 10.4. The van der Waals surface area contributed by atoms with E-state index in [9.17, 15) is 4.79 Å². The number of ether oxygens (including phenoxy) is 2. The van der Waals surface area contributed by atoms with E-state index in [4.69, 9.17) is 38.4 Å². The van der Waals surface area contributed by atoms with Crippen molar-refractivity contribution in [2.75, 3.05) is 20.0 Å². The van der Waals surface area contributed by atoms with Crippen LogP contribution in [0.2, 0.25) is 10.0 Å². The molecule has 2 aromatic rings. The molecule has 0 spiro atoms. The van der Waals surface area contributed by atoms with Gasteiger partial charge in [-0.2, -0.15) is 0 Å². The highest BCUT2D eigenvalue weighted by molar-refractivity contribution is 6.42. The second-order valence-corrected chi connectivity index (χ2v) is 5.46. The predicted octanol–water partition coefficient (Wildman–Crippen LogP) is 4.02. The zero-order valence-corrected chi connectivity index (χ0v) is 13.7. The Hall–Kier alpha value is -1.91. The first-order valence-corrected chi connectivity index (χ1v) is 7.20. The first-order chi connectivity index (χ1) is 10.5. The van der Waals surface area contributed by atoms with Crippen LogP contribution in [0.25, 0.3) is 0 Å². The van der Waals surface area contributed by atoms with Gasteiger partial charge in [0, 0.05) is 23.7 Å². The van der Waals surface area contributed by atoms with Crippen molar-refractivity contribution < 1.29 is 14.3 Å². The maximum atomic E-state index is 12.4. The minimum absolute atomic E-state index is 0.142. The van der Waals surface area contributed by atoms with Crippen molar-refractivity contribution in [2.24, 2.45) is 0 Å². The Morgan fingerprint density at radius 2 is 1.68 bits per heavy atom. The average Bonchev–Trinajstić information content (AvgIpc) is 2.50. The van der Waals surface area contributed by atoms with Gasteiger partial charge in [0.25, 0.3) is 0 Å². The SMILES string of the molecule is COc1cc(N)c(C(=O)Cc2ccc(Cl)c(Cl)c2)cc1OC. The van der Waals surface area contributed by atoms with Crippen molar-refractivity contribution in [3.63, 3.8) is 0 Å². The van der Waals surface area contributed by atoms with Crippen LogP contribution in [0, 0.1) is 0 Å². The fraction of sp³-hybridized carbons (Fsp3) is 0.188. The molecule has 0 aromatic heterocycles. The molecule has 116 valence electrons. The summed E-state index contributed by atoms with van der Waals surface area (Å²) in [6, 6.07) is 8.22. The van der Waals surface area contributed by atoms with Gasteiger partial charge in [-0.05, 0) is 23.8 Å². The third kappa shape index (κ3) is 3.46. The van der Waals surface area contributed by atoms with Gasteiger partial charge in [-0.15, -0.1) is 0 Å². The molecule has 4 nitrogen and oxygen atoms in total. The molecule has 0 fully saturated rings. The van der Waals surface area contributed by atoms with Crippen molar-refractivity contribution in [2.45, 2.75) is 6.42 Å². The fourth-order valence-corrected chi connectivity index (χ4v) is 2.39. The molecule has 0 atom stereocenters. The minimum Gasteiger partial charge on any atom is -0.493 e. The maximum absolute atomic E-state index is 12.4. The summed E-state index contributed by atoms with van der Waals surface area (Å²) in [6.07, 6.45) is 0.163. The van der Waals surface area contributed by atoms with E-state index < -0.39 is 0 Å². The number of Topliss-reactive ketones (excluding diaryl/α,β-unsaturated/α-hetero) is 1. The summed E-state index contributed by atoms with van der Waals surface area (Å²) in [5.41, 5.74) is 7.40. The van der Waals surface area contributed by atoms with Crippen LogP contribution < -0.4 is 15.2 Å². The Morgan fingerprint density at radius 3 is 2.27 bits per heavy atom. The van der Waals surface area contributed by atoms with E-state index in [1.807, 2.05) is 0 Å². The van der Waals surface area contributed by atoms with Gasteiger partial charge in [0.1, 0.15) is 0 Å². The molecular formula is C16H15Cl2NO3. The highest BCUT2D eigenvalue weighted by Gasteiger charge is 2.16. The van der Waals surface area contributed by atoms with Crippen molar-refractivity contribution in [3.05, 3.63) is 51.5 Å². The Labute approximate surface area is 138 Å². The van der Waals surface area contributed by atoms with E-state index in [0.29, 0.717) is 32.8 Å². The molecule has 0 amide bonds. The molecule has 0 saturated heterocycles. The topological polar surface area (TPSA) is 61.5 Å². The van der Waals surface area contributed by atoms with Gasteiger partial charge < -0.3 is 15.2 Å². The molecule has 0 aliphatic rings. The van der Waals surface area contributed by atoms with E-state index in [-0.39, 0.29) is 12.2 Å².